The number of amides is 2. The predicted molar refractivity (Wildman–Crippen MR) is 74.3 cm³/mol. The van der Waals surface area contributed by atoms with Crippen molar-refractivity contribution >= 4 is 17.4 Å². The normalized spacial score (nSPS) is 18.9. The van der Waals surface area contributed by atoms with Crippen molar-refractivity contribution in [2.45, 2.75) is 25.5 Å². The van der Waals surface area contributed by atoms with Crippen LogP contribution in [0.25, 0.3) is 0 Å². The van der Waals surface area contributed by atoms with Gasteiger partial charge in [0.25, 0.3) is 0 Å². The molecule has 1 aliphatic heterocycles. The van der Waals surface area contributed by atoms with E-state index in [1.54, 1.807) is 4.90 Å². The highest BCUT2D eigenvalue weighted by molar-refractivity contribution is 7.10. The zero-order valence-corrected chi connectivity index (χ0v) is 11.9. The highest BCUT2D eigenvalue weighted by Crippen LogP contribution is 2.22. The number of ether oxygens (including phenoxy) is 1. The predicted octanol–water partition coefficient (Wildman–Crippen LogP) is 1.60. The molecule has 2 rings (SSSR count). The van der Waals surface area contributed by atoms with Crippen molar-refractivity contribution in [3.05, 3.63) is 22.4 Å². The summed E-state index contributed by atoms with van der Waals surface area (Å²) in [7, 11) is 0. The first-order chi connectivity index (χ1) is 9.16. The Hall–Kier alpha value is -1.11. The van der Waals surface area contributed by atoms with E-state index in [1.165, 1.54) is 11.3 Å². The van der Waals surface area contributed by atoms with E-state index in [0.717, 1.165) is 4.88 Å². The largest absolute Gasteiger partial charge is 0.387 e. The van der Waals surface area contributed by atoms with Gasteiger partial charge in [0, 0.05) is 24.0 Å². The summed E-state index contributed by atoms with van der Waals surface area (Å²) >= 11 is 1.53. The lowest BCUT2D eigenvalue weighted by atomic mass is 10.1. The fourth-order valence-corrected chi connectivity index (χ4v) is 2.78. The highest BCUT2D eigenvalue weighted by atomic mass is 32.1. The Labute approximate surface area is 117 Å². The first kappa shape index (κ1) is 14.3. The molecule has 1 aliphatic rings. The van der Waals surface area contributed by atoms with Gasteiger partial charge in [-0.25, -0.2) is 4.79 Å². The molecular formula is C13H20N2O3S. The molecule has 1 saturated heterocycles. The maximum absolute atomic E-state index is 12.0. The zero-order valence-electron chi connectivity index (χ0n) is 11.0. The van der Waals surface area contributed by atoms with Crippen LogP contribution in [-0.4, -0.2) is 48.4 Å². The number of aliphatic hydroxyl groups is 1. The summed E-state index contributed by atoms with van der Waals surface area (Å²) in [5.41, 5.74) is 0. The minimum atomic E-state index is -0.514. The number of nitrogens with one attached hydrogen (secondary N) is 1. The van der Waals surface area contributed by atoms with E-state index in [9.17, 15) is 9.90 Å². The van der Waals surface area contributed by atoms with Crippen LogP contribution < -0.4 is 5.32 Å². The van der Waals surface area contributed by atoms with Gasteiger partial charge in [-0.1, -0.05) is 6.07 Å². The summed E-state index contributed by atoms with van der Waals surface area (Å²) in [4.78, 5) is 14.6. The second-order valence-corrected chi connectivity index (χ2v) is 5.70. The van der Waals surface area contributed by atoms with Gasteiger partial charge in [0.2, 0.25) is 0 Å². The molecule has 0 radical (unpaired) electrons. The van der Waals surface area contributed by atoms with Gasteiger partial charge in [-0.2, -0.15) is 0 Å². The third kappa shape index (κ3) is 4.19. The third-order valence-electron chi connectivity index (χ3n) is 3.12. The van der Waals surface area contributed by atoms with Crippen molar-refractivity contribution in [2.75, 3.05) is 26.3 Å². The first-order valence-corrected chi connectivity index (χ1v) is 7.39. The lowest BCUT2D eigenvalue weighted by molar-refractivity contribution is 0.0520. The minimum absolute atomic E-state index is 0.0626. The molecule has 2 unspecified atom stereocenters. The first-order valence-electron chi connectivity index (χ1n) is 6.51. The van der Waals surface area contributed by atoms with Crippen molar-refractivity contribution in [3.8, 4) is 0 Å². The van der Waals surface area contributed by atoms with Gasteiger partial charge < -0.3 is 20.1 Å². The number of aliphatic hydroxyl groups excluding tert-OH is 1. The van der Waals surface area contributed by atoms with Crippen LogP contribution in [0.3, 0.4) is 0 Å². The van der Waals surface area contributed by atoms with Crippen LogP contribution in [0.15, 0.2) is 17.5 Å². The third-order valence-corrected chi connectivity index (χ3v) is 4.09. The summed E-state index contributed by atoms with van der Waals surface area (Å²) in [5.74, 6) is 0. The average molecular weight is 284 g/mol. The van der Waals surface area contributed by atoms with Gasteiger partial charge in [-0.3, -0.25) is 0 Å². The summed E-state index contributed by atoms with van der Waals surface area (Å²) < 4.78 is 5.21. The van der Waals surface area contributed by atoms with Crippen molar-refractivity contribution < 1.29 is 14.6 Å². The Kier molecular flexibility index (Phi) is 5.18. The van der Waals surface area contributed by atoms with Crippen LogP contribution in [0.2, 0.25) is 0 Å². The lowest BCUT2D eigenvalue weighted by Gasteiger charge is -2.28. The number of carbonyl (C=O) groups is 1. The van der Waals surface area contributed by atoms with Crippen molar-refractivity contribution in [3.63, 3.8) is 0 Å². The number of urea groups is 1. The number of carbonyl (C=O) groups excluding carboxylic acids is 1. The maximum atomic E-state index is 12.0. The van der Waals surface area contributed by atoms with Crippen molar-refractivity contribution in [1.29, 1.82) is 0 Å². The quantitative estimate of drug-likeness (QED) is 0.883. The Morgan fingerprint density at radius 3 is 2.95 bits per heavy atom. The molecule has 2 amide bonds. The smallest absolute Gasteiger partial charge is 0.317 e. The fourth-order valence-electron chi connectivity index (χ4n) is 2.06. The van der Waals surface area contributed by atoms with Crippen LogP contribution in [0.5, 0.6) is 0 Å². The Bertz CT molecular complexity index is 391. The average Bonchev–Trinajstić information content (AvgIpc) is 2.93. The zero-order chi connectivity index (χ0) is 13.7. The fraction of sp³-hybridized carbons (Fsp3) is 0.615. The van der Waals surface area contributed by atoms with Crippen LogP contribution in [-0.2, 0) is 4.74 Å². The molecular weight excluding hydrogens is 264 g/mol. The van der Waals surface area contributed by atoms with Gasteiger partial charge in [0.1, 0.15) is 0 Å². The molecule has 19 heavy (non-hydrogen) atoms. The number of morpholine rings is 1. The number of hydrogen-bond acceptors (Lipinski definition) is 4. The van der Waals surface area contributed by atoms with Crippen LogP contribution >= 0.6 is 11.3 Å². The SMILES string of the molecule is CC(CC(O)c1cccs1)NC(=O)N1CCOCC1. The molecule has 0 saturated carbocycles. The molecule has 0 bridgehead atoms. The summed E-state index contributed by atoms with van der Waals surface area (Å²) in [6.07, 6.45) is 0.0105. The number of hydrogen-bond donors (Lipinski definition) is 2. The van der Waals surface area contributed by atoms with Gasteiger partial charge in [-0.05, 0) is 24.8 Å². The molecule has 0 spiro atoms. The highest BCUT2D eigenvalue weighted by Gasteiger charge is 2.20. The van der Waals surface area contributed by atoms with Crippen LogP contribution in [0.1, 0.15) is 24.3 Å². The molecule has 6 heteroatoms. The standard InChI is InChI=1S/C13H20N2O3S/c1-10(9-11(16)12-3-2-8-19-12)14-13(17)15-4-6-18-7-5-15/h2-3,8,10-11,16H,4-7,9H2,1H3,(H,14,17). The molecule has 106 valence electrons. The Morgan fingerprint density at radius 2 is 2.32 bits per heavy atom. The van der Waals surface area contributed by atoms with Crippen LogP contribution in [0.4, 0.5) is 4.79 Å². The molecule has 1 aromatic rings. The summed E-state index contributed by atoms with van der Waals surface area (Å²) in [6.45, 7) is 4.37. The van der Waals surface area contributed by atoms with E-state index in [-0.39, 0.29) is 12.1 Å². The van der Waals surface area contributed by atoms with Crippen molar-refractivity contribution in [2.24, 2.45) is 0 Å². The molecule has 2 heterocycles. The molecule has 1 aromatic heterocycles. The van der Waals surface area contributed by atoms with Crippen LogP contribution in [0, 0.1) is 0 Å². The van der Waals surface area contributed by atoms with E-state index < -0.39 is 6.10 Å². The van der Waals surface area contributed by atoms with Gasteiger partial charge in [0.05, 0.1) is 19.3 Å². The van der Waals surface area contributed by atoms with E-state index in [2.05, 4.69) is 5.32 Å². The van der Waals surface area contributed by atoms with Gasteiger partial charge >= 0.3 is 6.03 Å². The monoisotopic (exact) mass is 284 g/mol. The van der Waals surface area contributed by atoms with E-state index >= 15 is 0 Å². The number of thiophene rings is 1. The Morgan fingerprint density at radius 1 is 1.58 bits per heavy atom. The van der Waals surface area contributed by atoms with Gasteiger partial charge in [0.15, 0.2) is 0 Å². The van der Waals surface area contributed by atoms with Gasteiger partial charge in [-0.15, -0.1) is 11.3 Å². The summed E-state index contributed by atoms with van der Waals surface area (Å²) in [5, 5.41) is 14.9. The molecule has 2 N–H and O–H groups in total. The van der Waals surface area contributed by atoms with E-state index in [0.29, 0.717) is 32.7 Å². The van der Waals surface area contributed by atoms with E-state index in [4.69, 9.17) is 4.74 Å². The second-order valence-electron chi connectivity index (χ2n) is 4.72. The molecule has 1 fully saturated rings. The maximum Gasteiger partial charge on any atom is 0.317 e. The topological polar surface area (TPSA) is 61.8 Å². The lowest BCUT2D eigenvalue weighted by Crippen LogP contribution is -2.48. The number of nitrogens with zero attached hydrogens (tertiary/aromatic N) is 1. The molecule has 0 aromatic carbocycles. The molecule has 2 atom stereocenters. The van der Waals surface area contributed by atoms with Crippen molar-refractivity contribution in [1.82, 2.24) is 10.2 Å². The number of rotatable bonds is 4. The molecule has 5 nitrogen and oxygen atoms in total. The minimum Gasteiger partial charge on any atom is -0.387 e. The summed E-state index contributed by atoms with van der Waals surface area (Å²) in [6, 6.07) is 3.69. The van der Waals surface area contributed by atoms with E-state index in [1.807, 2.05) is 24.4 Å². The Balaban J connectivity index is 1.77. The second kappa shape index (κ2) is 6.88. The molecule has 0 aliphatic carbocycles.